The Morgan fingerprint density at radius 1 is 0.968 bits per heavy atom. The summed E-state index contributed by atoms with van der Waals surface area (Å²) in [6, 6.07) is 15.6. The first kappa shape index (κ1) is 24.4. The maximum Gasteiger partial charge on any atom is 0.244 e. The van der Waals surface area contributed by atoms with Gasteiger partial charge in [-0.25, -0.2) is 8.42 Å². The van der Waals surface area contributed by atoms with Crippen molar-refractivity contribution in [3.63, 3.8) is 0 Å². The second-order valence-corrected chi connectivity index (χ2v) is 9.72. The highest BCUT2D eigenvalue weighted by molar-refractivity contribution is 7.92. The fraction of sp³-hybridized carbons (Fsp3) is 0.391. The van der Waals surface area contributed by atoms with Crippen LogP contribution in [0, 0.1) is 0 Å². The zero-order valence-corrected chi connectivity index (χ0v) is 19.5. The summed E-state index contributed by atoms with van der Waals surface area (Å²) in [5.41, 5.74) is 2.33. The van der Waals surface area contributed by atoms with E-state index < -0.39 is 28.5 Å². The Morgan fingerprint density at radius 2 is 1.55 bits per heavy atom. The van der Waals surface area contributed by atoms with Crippen molar-refractivity contribution in [1.82, 2.24) is 10.2 Å². The van der Waals surface area contributed by atoms with E-state index in [2.05, 4.69) is 19.2 Å². The molecule has 0 aliphatic carbocycles. The molecular weight excluding hydrogens is 414 g/mol. The number of nitrogens with zero attached hydrogens (tertiary/aromatic N) is 2. The molecule has 0 fully saturated rings. The number of amides is 2. The van der Waals surface area contributed by atoms with Crippen LogP contribution >= 0.6 is 0 Å². The minimum atomic E-state index is -3.72. The predicted octanol–water partition coefficient (Wildman–Crippen LogP) is 2.74. The van der Waals surface area contributed by atoms with Crippen molar-refractivity contribution in [3.8, 4) is 0 Å². The Hall–Kier alpha value is -2.87. The van der Waals surface area contributed by atoms with Crippen LogP contribution in [0.4, 0.5) is 5.69 Å². The highest BCUT2D eigenvalue weighted by Crippen LogP contribution is 2.22. The summed E-state index contributed by atoms with van der Waals surface area (Å²) in [6.07, 6.45) is 1.07. The van der Waals surface area contributed by atoms with Crippen molar-refractivity contribution in [3.05, 3.63) is 65.7 Å². The fourth-order valence-electron chi connectivity index (χ4n) is 3.21. The van der Waals surface area contributed by atoms with E-state index in [0.717, 1.165) is 21.7 Å². The lowest BCUT2D eigenvalue weighted by atomic mass is 10.0. The third-order valence-corrected chi connectivity index (χ3v) is 6.28. The third kappa shape index (κ3) is 6.55. The van der Waals surface area contributed by atoms with Crippen LogP contribution in [0.25, 0.3) is 0 Å². The molecule has 0 spiro atoms. The molecule has 0 aliphatic rings. The maximum absolute atomic E-state index is 13.3. The molecule has 2 aromatic rings. The number of carbonyl (C=O) groups is 2. The Morgan fingerprint density at radius 3 is 2.03 bits per heavy atom. The molecule has 2 aromatic carbocycles. The summed E-state index contributed by atoms with van der Waals surface area (Å²) in [6.45, 7) is 5.52. The molecule has 0 saturated carbocycles. The average molecular weight is 446 g/mol. The summed E-state index contributed by atoms with van der Waals surface area (Å²) in [7, 11) is -2.22. The number of likely N-dealkylation sites (N-methyl/N-ethyl adjacent to an activating group) is 1. The zero-order chi connectivity index (χ0) is 23.2. The van der Waals surface area contributed by atoms with Crippen LogP contribution in [0.1, 0.15) is 37.8 Å². The van der Waals surface area contributed by atoms with Crippen LogP contribution in [-0.4, -0.2) is 51.0 Å². The van der Waals surface area contributed by atoms with Crippen LogP contribution in [0.2, 0.25) is 0 Å². The van der Waals surface area contributed by atoms with Crippen LogP contribution in [0.5, 0.6) is 0 Å². The van der Waals surface area contributed by atoms with Crippen molar-refractivity contribution >= 4 is 27.5 Å². The summed E-state index contributed by atoms with van der Waals surface area (Å²) in [4.78, 5) is 26.9. The molecule has 0 aromatic heterocycles. The molecule has 0 radical (unpaired) electrons. The molecular formula is C23H31N3O4S. The molecule has 7 nitrogen and oxygen atoms in total. The van der Waals surface area contributed by atoms with Crippen LogP contribution in [-0.2, 0) is 26.2 Å². The number of carbonyl (C=O) groups excluding carboxylic acids is 2. The second kappa shape index (κ2) is 10.4. The van der Waals surface area contributed by atoms with E-state index in [0.29, 0.717) is 11.6 Å². The van der Waals surface area contributed by atoms with Gasteiger partial charge in [0.25, 0.3) is 0 Å². The SMILES string of the molecule is CNC(=O)[C@H](C)N(Cc1ccccc1)C(=O)CN(c1ccc(C(C)C)cc1)S(C)(=O)=O. The van der Waals surface area contributed by atoms with E-state index in [1.807, 2.05) is 42.5 Å². The monoisotopic (exact) mass is 445 g/mol. The third-order valence-electron chi connectivity index (χ3n) is 5.14. The van der Waals surface area contributed by atoms with Crippen molar-refractivity contribution < 1.29 is 18.0 Å². The molecule has 168 valence electrons. The minimum absolute atomic E-state index is 0.193. The fourth-order valence-corrected chi connectivity index (χ4v) is 4.06. The first-order valence-electron chi connectivity index (χ1n) is 10.2. The van der Waals surface area contributed by atoms with E-state index in [-0.39, 0.29) is 12.5 Å². The Kier molecular flexibility index (Phi) is 8.21. The highest BCUT2D eigenvalue weighted by atomic mass is 32.2. The smallest absolute Gasteiger partial charge is 0.244 e. The van der Waals surface area contributed by atoms with Crippen molar-refractivity contribution in [2.45, 2.75) is 39.3 Å². The topological polar surface area (TPSA) is 86.8 Å². The van der Waals surface area contributed by atoms with E-state index in [9.17, 15) is 18.0 Å². The Labute approximate surface area is 185 Å². The lowest BCUT2D eigenvalue weighted by Crippen LogP contribution is -2.50. The maximum atomic E-state index is 13.3. The summed E-state index contributed by atoms with van der Waals surface area (Å²) < 4.78 is 26.1. The van der Waals surface area contributed by atoms with Crippen molar-refractivity contribution in [1.29, 1.82) is 0 Å². The number of sulfonamides is 1. The van der Waals surface area contributed by atoms with Gasteiger partial charge in [-0.15, -0.1) is 0 Å². The van der Waals surface area contributed by atoms with Crippen LogP contribution < -0.4 is 9.62 Å². The van der Waals surface area contributed by atoms with Crippen molar-refractivity contribution in [2.75, 3.05) is 24.2 Å². The molecule has 1 atom stereocenters. The number of anilines is 1. The number of nitrogens with one attached hydrogen (secondary N) is 1. The number of benzene rings is 2. The summed E-state index contributed by atoms with van der Waals surface area (Å²) >= 11 is 0. The largest absolute Gasteiger partial charge is 0.357 e. The normalized spacial score (nSPS) is 12.3. The van der Waals surface area contributed by atoms with Gasteiger partial charge in [0.1, 0.15) is 12.6 Å². The molecule has 0 bridgehead atoms. The van der Waals surface area contributed by atoms with Gasteiger partial charge in [0.2, 0.25) is 21.8 Å². The average Bonchev–Trinajstić information content (AvgIpc) is 2.74. The molecule has 8 heteroatoms. The number of hydrogen-bond acceptors (Lipinski definition) is 4. The van der Waals surface area contributed by atoms with Gasteiger partial charge in [0.15, 0.2) is 0 Å². The van der Waals surface area contributed by atoms with Crippen LogP contribution in [0.15, 0.2) is 54.6 Å². The molecule has 2 rings (SSSR count). The molecule has 0 aliphatic heterocycles. The first-order valence-corrected chi connectivity index (χ1v) is 12.0. The Balaban J connectivity index is 2.35. The van der Waals surface area contributed by atoms with Gasteiger partial charge in [0.05, 0.1) is 11.9 Å². The minimum Gasteiger partial charge on any atom is -0.357 e. The zero-order valence-electron chi connectivity index (χ0n) is 18.7. The lowest BCUT2D eigenvalue weighted by molar-refractivity contribution is -0.139. The van der Waals surface area contributed by atoms with Gasteiger partial charge in [-0.2, -0.15) is 0 Å². The lowest BCUT2D eigenvalue weighted by Gasteiger charge is -2.31. The van der Waals surface area contributed by atoms with E-state index >= 15 is 0 Å². The van der Waals surface area contributed by atoms with Crippen molar-refractivity contribution in [2.24, 2.45) is 0 Å². The molecule has 31 heavy (non-hydrogen) atoms. The summed E-state index contributed by atoms with van der Waals surface area (Å²) in [5.74, 6) is -0.480. The molecule has 2 amide bonds. The number of hydrogen-bond donors (Lipinski definition) is 1. The first-order chi connectivity index (χ1) is 14.5. The van der Waals surface area contributed by atoms with Crippen LogP contribution in [0.3, 0.4) is 0 Å². The van der Waals surface area contributed by atoms with Gasteiger partial charge in [-0.3, -0.25) is 13.9 Å². The summed E-state index contributed by atoms with van der Waals surface area (Å²) in [5, 5.41) is 2.55. The quantitative estimate of drug-likeness (QED) is 0.643. The molecule has 0 heterocycles. The standard InChI is InChI=1S/C23H31N3O4S/c1-17(2)20-11-13-21(14-12-20)26(31(5,29)30)16-22(27)25(18(3)23(28)24-4)15-19-9-7-6-8-10-19/h6-14,17-18H,15-16H2,1-5H3,(H,24,28)/t18-/m0/s1. The highest BCUT2D eigenvalue weighted by Gasteiger charge is 2.29. The molecule has 0 saturated heterocycles. The molecule has 0 unspecified atom stereocenters. The van der Waals surface area contributed by atoms with Gasteiger partial charge in [-0.05, 0) is 36.1 Å². The Bertz CT molecular complexity index is 989. The van der Waals surface area contributed by atoms with E-state index in [4.69, 9.17) is 0 Å². The molecule has 1 N–H and O–H groups in total. The van der Waals surface area contributed by atoms with Gasteiger partial charge < -0.3 is 10.2 Å². The second-order valence-electron chi connectivity index (χ2n) is 7.81. The van der Waals surface area contributed by atoms with Gasteiger partial charge in [-0.1, -0.05) is 56.3 Å². The van der Waals surface area contributed by atoms with Gasteiger partial charge >= 0.3 is 0 Å². The number of rotatable bonds is 9. The predicted molar refractivity (Wildman–Crippen MR) is 123 cm³/mol. The van der Waals surface area contributed by atoms with E-state index in [1.165, 1.54) is 11.9 Å². The van der Waals surface area contributed by atoms with E-state index in [1.54, 1.807) is 19.1 Å². The van der Waals surface area contributed by atoms with Gasteiger partial charge in [0, 0.05) is 13.6 Å².